The van der Waals surface area contributed by atoms with Crippen molar-refractivity contribution in [3.8, 4) is 0 Å². The van der Waals surface area contributed by atoms with Crippen LogP contribution < -0.4 is 5.73 Å². The van der Waals surface area contributed by atoms with Gasteiger partial charge < -0.3 is 10.8 Å². The summed E-state index contributed by atoms with van der Waals surface area (Å²) in [6, 6.07) is 10.0. The smallest absolute Gasteiger partial charge is 0.0545 e. The summed E-state index contributed by atoms with van der Waals surface area (Å²) in [7, 11) is 0. The molecular weight excluding hydrogens is 186 g/mol. The summed E-state index contributed by atoms with van der Waals surface area (Å²) >= 11 is 0. The zero-order valence-corrected chi connectivity index (χ0v) is 9.83. The van der Waals surface area contributed by atoms with Crippen LogP contribution >= 0.6 is 0 Å². The Labute approximate surface area is 92.1 Å². The number of benzene rings is 1. The average molecular weight is 207 g/mol. The first-order valence-corrected chi connectivity index (χ1v) is 5.43. The second-order valence-electron chi connectivity index (χ2n) is 4.68. The van der Waals surface area contributed by atoms with Crippen LogP contribution in [0.4, 0.5) is 0 Å². The highest BCUT2D eigenvalue weighted by Crippen LogP contribution is 2.36. The molecule has 2 heteroatoms. The molecule has 0 radical (unpaired) electrons. The van der Waals surface area contributed by atoms with Gasteiger partial charge in [-0.3, -0.25) is 0 Å². The lowest BCUT2D eigenvalue weighted by Gasteiger charge is -2.43. The number of aliphatic hydroxyl groups is 1. The van der Waals surface area contributed by atoms with Gasteiger partial charge in [0.05, 0.1) is 6.61 Å². The highest BCUT2D eigenvalue weighted by molar-refractivity contribution is 5.30. The molecule has 1 unspecified atom stereocenters. The van der Waals surface area contributed by atoms with Gasteiger partial charge in [-0.1, -0.05) is 37.3 Å². The molecule has 0 saturated heterocycles. The van der Waals surface area contributed by atoms with Gasteiger partial charge in [-0.15, -0.1) is 0 Å². The lowest BCUT2D eigenvalue weighted by Crippen LogP contribution is -2.56. The van der Waals surface area contributed by atoms with Crippen LogP contribution in [0.1, 0.15) is 32.8 Å². The molecule has 2 nitrogen and oxygen atoms in total. The van der Waals surface area contributed by atoms with Crippen LogP contribution in [0, 0.1) is 0 Å². The topological polar surface area (TPSA) is 46.2 Å². The zero-order chi connectivity index (χ0) is 11.5. The van der Waals surface area contributed by atoms with Gasteiger partial charge >= 0.3 is 0 Å². The van der Waals surface area contributed by atoms with Gasteiger partial charge in [0.25, 0.3) is 0 Å². The van der Waals surface area contributed by atoms with Crippen LogP contribution in [0.15, 0.2) is 30.3 Å². The Morgan fingerprint density at radius 1 is 1.20 bits per heavy atom. The summed E-state index contributed by atoms with van der Waals surface area (Å²) in [5, 5.41) is 9.69. The Hall–Kier alpha value is -0.860. The van der Waals surface area contributed by atoms with Gasteiger partial charge in [-0.2, -0.15) is 0 Å². The van der Waals surface area contributed by atoms with E-state index in [-0.39, 0.29) is 12.0 Å². The van der Waals surface area contributed by atoms with Crippen LogP contribution in [-0.2, 0) is 5.41 Å². The second-order valence-corrected chi connectivity index (χ2v) is 4.68. The van der Waals surface area contributed by atoms with E-state index in [2.05, 4.69) is 6.92 Å². The molecule has 0 aliphatic rings. The third-order valence-corrected chi connectivity index (χ3v) is 3.43. The summed E-state index contributed by atoms with van der Waals surface area (Å²) in [5.41, 5.74) is 6.54. The molecule has 0 amide bonds. The number of hydrogen-bond donors (Lipinski definition) is 2. The van der Waals surface area contributed by atoms with Gasteiger partial charge in [-0.25, -0.2) is 0 Å². The molecule has 1 rings (SSSR count). The molecule has 1 aromatic carbocycles. The van der Waals surface area contributed by atoms with Crippen molar-refractivity contribution in [2.45, 2.75) is 38.1 Å². The van der Waals surface area contributed by atoms with Gasteiger partial charge in [0.1, 0.15) is 0 Å². The Bertz CT molecular complexity index is 296. The number of aliphatic hydroxyl groups excluding tert-OH is 1. The Morgan fingerprint density at radius 3 is 2.07 bits per heavy atom. The standard InChI is InChI=1S/C13H21NO/c1-4-13(10-15,12(2,3)14)11-8-6-5-7-9-11/h5-9,15H,4,10,14H2,1-3H3. The first kappa shape index (κ1) is 12.2. The van der Waals surface area contributed by atoms with E-state index in [1.54, 1.807) is 0 Å². The first-order valence-electron chi connectivity index (χ1n) is 5.43. The highest BCUT2D eigenvalue weighted by atomic mass is 16.3. The largest absolute Gasteiger partial charge is 0.395 e. The summed E-state index contributed by atoms with van der Waals surface area (Å²) in [5.74, 6) is 0. The minimum Gasteiger partial charge on any atom is -0.395 e. The summed E-state index contributed by atoms with van der Waals surface area (Å²) in [6.07, 6.45) is 0.830. The molecule has 1 atom stereocenters. The molecule has 0 spiro atoms. The fourth-order valence-electron chi connectivity index (χ4n) is 2.20. The maximum Gasteiger partial charge on any atom is 0.0545 e. The molecule has 3 N–H and O–H groups in total. The number of hydrogen-bond acceptors (Lipinski definition) is 2. The fourth-order valence-corrected chi connectivity index (χ4v) is 2.20. The monoisotopic (exact) mass is 207 g/mol. The summed E-state index contributed by atoms with van der Waals surface area (Å²) < 4.78 is 0. The van der Waals surface area contributed by atoms with Crippen molar-refractivity contribution in [3.05, 3.63) is 35.9 Å². The van der Waals surface area contributed by atoms with Crippen molar-refractivity contribution in [1.82, 2.24) is 0 Å². The van der Waals surface area contributed by atoms with Crippen molar-refractivity contribution in [2.24, 2.45) is 5.73 Å². The highest BCUT2D eigenvalue weighted by Gasteiger charge is 2.41. The zero-order valence-electron chi connectivity index (χ0n) is 9.83. The molecular formula is C13H21NO. The maximum atomic E-state index is 9.69. The minimum absolute atomic E-state index is 0.0804. The van der Waals surface area contributed by atoms with Crippen LogP contribution in [0.3, 0.4) is 0 Å². The van der Waals surface area contributed by atoms with E-state index in [1.165, 1.54) is 0 Å². The molecule has 0 aliphatic carbocycles. The number of rotatable bonds is 4. The lowest BCUT2D eigenvalue weighted by molar-refractivity contribution is 0.125. The van der Waals surface area contributed by atoms with E-state index in [1.807, 2.05) is 44.2 Å². The predicted octanol–water partition coefficient (Wildman–Crippen LogP) is 2.06. The Balaban J connectivity index is 3.24. The summed E-state index contributed by atoms with van der Waals surface area (Å²) in [4.78, 5) is 0. The van der Waals surface area contributed by atoms with Gasteiger partial charge in [0.15, 0.2) is 0 Å². The van der Waals surface area contributed by atoms with Crippen LogP contribution in [-0.4, -0.2) is 17.3 Å². The lowest BCUT2D eigenvalue weighted by atomic mass is 9.66. The Kier molecular flexibility index (Phi) is 3.53. The third kappa shape index (κ3) is 2.06. The van der Waals surface area contributed by atoms with E-state index in [0.29, 0.717) is 0 Å². The van der Waals surface area contributed by atoms with Gasteiger partial charge in [-0.05, 0) is 25.8 Å². The van der Waals surface area contributed by atoms with Crippen LogP contribution in [0.5, 0.6) is 0 Å². The molecule has 0 heterocycles. The molecule has 0 saturated carbocycles. The molecule has 1 aromatic rings. The molecule has 15 heavy (non-hydrogen) atoms. The van der Waals surface area contributed by atoms with Gasteiger partial charge in [0.2, 0.25) is 0 Å². The van der Waals surface area contributed by atoms with Crippen molar-refractivity contribution in [2.75, 3.05) is 6.61 Å². The van der Waals surface area contributed by atoms with E-state index in [4.69, 9.17) is 5.73 Å². The second kappa shape index (κ2) is 4.33. The van der Waals surface area contributed by atoms with Crippen molar-refractivity contribution in [3.63, 3.8) is 0 Å². The van der Waals surface area contributed by atoms with E-state index in [9.17, 15) is 5.11 Å². The maximum absolute atomic E-state index is 9.69. The molecule has 0 aliphatic heterocycles. The van der Waals surface area contributed by atoms with E-state index >= 15 is 0 Å². The van der Waals surface area contributed by atoms with Crippen LogP contribution in [0.25, 0.3) is 0 Å². The molecule has 0 bridgehead atoms. The van der Waals surface area contributed by atoms with Crippen molar-refractivity contribution in [1.29, 1.82) is 0 Å². The van der Waals surface area contributed by atoms with Crippen molar-refractivity contribution >= 4 is 0 Å². The predicted molar refractivity (Wildman–Crippen MR) is 63.8 cm³/mol. The van der Waals surface area contributed by atoms with E-state index < -0.39 is 5.54 Å². The van der Waals surface area contributed by atoms with Gasteiger partial charge in [0, 0.05) is 11.0 Å². The fraction of sp³-hybridized carbons (Fsp3) is 0.538. The summed E-state index contributed by atoms with van der Waals surface area (Å²) in [6.45, 7) is 6.09. The Morgan fingerprint density at radius 2 is 1.73 bits per heavy atom. The van der Waals surface area contributed by atoms with E-state index in [0.717, 1.165) is 12.0 Å². The first-order chi connectivity index (χ1) is 6.98. The molecule has 0 fully saturated rings. The quantitative estimate of drug-likeness (QED) is 0.794. The average Bonchev–Trinajstić information content (AvgIpc) is 2.20. The molecule has 0 aromatic heterocycles. The van der Waals surface area contributed by atoms with Crippen molar-refractivity contribution < 1.29 is 5.11 Å². The van der Waals surface area contributed by atoms with Crippen LogP contribution in [0.2, 0.25) is 0 Å². The normalized spacial score (nSPS) is 16.1. The molecule has 84 valence electrons. The third-order valence-electron chi connectivity index (χ3n) is 3.43. The SMILES string of the molecule is CCC(CO)(c1ccccc1)C(C)(C)N. The minimum atomic E-state index is -0.433. The number of nitrogens with two attached hydrogens (primary N) is 1.